The Hall–Kier alpha value is -2.10. The molecular formula is C17H19NO3. The first-order valence-corrected chi connectivity index (χ1v) is 7.27. The van der Waals surface area contributed by atoms with Crippen LogP contribution in [0, 0.1) is 23.2 Å². The van der Waals surface area contributed by atoms with E-state index in [4.69, 9.17) is 0 Å². The summed E-state index contributed by atoms with van der Waals surface area (Å²) in [5.41, 5.74) is 0.0294. The number of amides is 1. The van der Waals surface area contributed by atoms with Gasteiger partial charge in [-0.1, -0.05) is 42.5 Å². The maximum absolute atomic E-state index is 12.5. The average Bonchev–Trinajstić information content (AvgIpc) is 3.05. The largest absolute Gasteiger partial charge is 0.481 e. The van der Waals surface area contributed by atoms with Crippen LogP contribution in [0.1, 0.15) is 18.9 Å². The van der Waals surface area contributed by atoms with Crippen LogP contribution in [0.2, 0.25) is 0 Å². The Labute approximate surface area is 123 Å². The molecule has 3 rings (SSSR count). The second-order valence-electron chi connectivity index (χ2n) is 6.16. The summed E-state index contributed by atoms with van der Waals surface area (Å²) in [7, 11) is 0. The molecule has 1 aromatic carbocycles. The van der Waals surface area contributed by atoms with Crippen molar-refractivity contribution in [1.29, 1.82) is 0 Å². The molecule has 2 aliphatic rings. The van der Waals surface area contributed by atoms with Gasteiger partial charge in [0.25, 0.3) is 0 Å². The molecule has 0 aliphatic heterocycles. The Morgan fingerprint density at radius 3 is 2.67 bits per heavy atom. The highest BCUT2D eigenvalue weighted by atomic mass is 16.4. The Kier molecular flexibility index (Phi) is 3.32. The fourth-order valence-electron chi connectivity index (χ4n) is 3.75. The maximum atomic E-state index is 12.5. The normalized spacial score (nSPS) is 33.1. The number of nitrogens with one attached hydrogen (secondary N) is 1. The Morgan fingerprint density at radius 2 is 2.00 bits per heavy atom. The number of carbonyl (C=O) groups excluding carboxylic acids is 1. The Balaban J connectivity index is 1.75. The molecule has 1 fully saturated rings. The van der Waals surface area contributed by atoms with Gasteiger partial charge in [0.1, 0.15) is 0 Å². The van der Waals surface area contributed by atoms with Gasteiger partial charge in [-0.05, 0) is 30.7 Å². The van der Waals surface area contributed by atoms with E-state index in [0.29, 0.717) is 6.54 Å². The first kappa shape index (κ1) is 13.9. The fourth-order valence-corrected chi connectivity index (χ4v) is 3.75. The van der Waals surface area contributed by atoms with Gasteiger partial charge in [-0.15, -0.1) is 0 Å². The minimum atomic E-state index is -0.986. The van der Waals surface area contributed by atoms with Crippen LogP contribution in [-0.2, 0) is 16.1 Å². The van der Waals surface area contributed by atoms with Gasteiger partial charge >= 0.3 is 5.97 Å². The van der Waals surface area contributed by atoms with Crippen LogP contribution in [0.15, 0.2) is 42.5 Å². The highest BCUT2D eigenvalue weighted by Crippen LogP contribution is 2.56. The number of carboxylic acids is 1. The second kappa shape index (κ2) is 5.02. The summed E-state index contributed by atoms with van der Waals surface area (Å²) in [6.45, 7) is 2.14. The highest BCUT2D eigenvalue weighted by Gasteiger charge is 2.60. The van der Waals surface area contributed by atoms with Crippen molar-refractivity contribution in [3.8, 4) is 0 Å². The summed E-state index contributed by atoms with van der Waals surface area (Å²) in [6, 6.07) is 9.65. The lowest BCUT2D eigenvalue weighted by molar-refractivity contribution is -0.156. The molecule has 2 N–H and O–H groups in total. The summed E-state index contributed by atoms with van der Waals surface area (Å²) in [4.78, 5) is 24.2. The zero-order valence-corrected chi connectivity index (χ0v) is 12.0. The van der Waals surface area contributed by atoms with Crippen molar-refractivity contribution < 1.29 is 14.7 Å². The minimum Gasteiger partial charge on any atom is -0.481 e. The molecule has 1 saturated carbocycles. The fraction of sp³-hybridized carbons (Fsp3) is 0.412. The molecule has 2 aliphatic carbocycles. The lowest BCUT2D eigenvalue weighted by Crippen LogP contribution is -2.47. The number of hydrogen-bond donors (Lipinski definition) is 2. The number of carboxylic acid groups (broad SMARTS) is 1. The van der Waals surface area contributed by atoms with E-state index in [1.165, 1.54) is 0 Å². The average molecular weight is 285 g/mol. The highest BCUT2D eigenvalue weighted by molar-refractivity contribution is 5.89. The van der Waals surface area contributed by atoms with Crippen molar-refractivity contribution in [2.24, 2.45) is 23.2 Å². The summed E-state index contributed by atoms with van der Waals surface area (Å²) >= 11 is 0. The van der Waals surface area contributed by atoms with Crippen molar-refractivity contribution in [2.45, 2.75) is 19.9 Å². The van der Waals surface area contributed by atoms with Crippen LogP contribution < -0.4 is 5.32 Å². The molecule has 0 heterocycles. The van der Waals surface area contributed by atoms with E-state index >= 15 is 0 Å². The molecule has 4 heteroatoms. The first-order chi connectivity index (χ1) is 10.0. The zero-order valence-electron chi connectivity index (χ0n) is 12.0. The second-order valence-corrected chi connectivity index (χ2v) is 6.16. The van der Waals surface area contributed by atoms with Crippen LogP contribution >= 0.6 is 0 Å². The molecule has 4 nitrogen and oxygen atoms in total. The summed E-state index contributed by atoms with van der Waals surface area (Å²) < 4.78 is 0. The van der Waals surface area contributed by atoms with Crippen LogP contribution in [0.25, 0.3) is 0 Å². The van der Waals surface area contributed by atoms with Crippen molar-refractivity contribution in [3.05, 3.63) is 48.0 Å². The number of carbonyl (C=O) groups is 2. The van der Waals surface area contributed by atoms with Gasteiger partial charge in [-0.3, -0.25) is 9.59 Å². The molecule has 0 spiro atoms. The number of fused-ring (bicyclic) bond motifs is 2. The molecule has 0 radical (unpaired) electrons. The lowest BCUT2D eigenvalue weighted by Gasteiger charge is -2.33. The summed E-state index contributed by atoms with van der Waals surface area (Å²) in [5, 5.41) is 12.5. The molecule has 110 valence electrons. The van der Waals surface area contributed by atoms with E-state index in [1.807, 2.05) is 42.5 Å². The van der Waals surface area contributed by atoms with E-state index in [2.05, 4.69) is 5.32 Å². The van der Waals surface area contributed by atoms with E-state index in [9.17, 15) is 14.7 Å². The van der Waals surface area contributed by atoms with Crippen molar-refractivity contribution in [3.63, 3.8) is 0 Å². The van der Waals surface area contributed by atoms with Crippen LogP contribution in [0.4, 0.5) is 0 Å². The number of benzene rings is 1. The molecule has 0 unspecified atom stereocenters. The topological polar surface area (TPSA) is 66.4 Å². The standard InChI is InChI=1S/C17H19NO3/c1-17(16(20)21)13-8-7-12(9-13)14(17)15(19)18-10-11-5-3-2-4-6-11/h2-8,12-14H,9-10H2,1H3,(H,18,19)(H,20,21)/t12-,13-,14-,17+/m1/s1. The number of rotatable bonds is 4. The summed E-state index contributed by atoms with van der Waals surface area (Å²) in [5.74, 6) is -1.49. The van der Waals surface area contributed by atoms with Gasteiger partial charge in [-0.2, -0.15) is 0 Å². The van der Waals surface area contributed by atoms with Crippen LogP contribution in [0.5, 0.6) is 0 Å². The Morgan fingerprint density at radius 1 is 1.29 bits per heavy atom. The van der Waals surface area contributed by atoms with Gasteiger partial charge in [-0.25, -0.2) is 0 Å². The molecule has 4 atom stereocenters. The maximum Gasteiger partial charge on any atom is 0.310 e. The molecule has 2 bridgehead atoms. The van der Waals surface area contributed by atoms with E-state index in [-0.39, 0.29) is 17.7 Å². The lowest BCUT2D eigenvalue weighted by atomic mass is 9.69. The van der Waals surface area contributed by atoms with Gasteiger partial charge < -0.3 is 10.4 Å². The van der Waals surface area contributed by atoms with E-state index in [0.717, 1.165) is 12.0 Å². The third-order valence-electron chi connectivity index (χ3n) is 5.01. The molecule has 0 aromatic heterocycles. The van der Waals surface area contributed by atoms with Gasteiger partial charge in [0.2, 0.25) is 5.91 Å². The molecule has 21 heavy (non-hydrogen) atoms. The van der Waals surface area contributed by atoms with Gasteiger partial charge in [0.15, 0.2) is 0 Å². The molecule has 1 aromatic rings. The van der Waals surface area contributed by atoms with E-state index < -0.39 is 17.3 Å². The van der Waals surface area contributed by atoms with Gasteiger partial charge in [0, 0.05) is 6.54 Å². The predicted molar refractivity (Wildman–Crippen MR) is 78.3 cm³/mol. The van der Waals surface area contributed by atoms with Crippen LogP contribution in [0.3, 0.4) is 0 Å². The monoisotopic (exact) mass is 285 g/mol. The number of aliphatic carboxylic acids is 1. The quantitative estimate of drug-likeness (QED) is 0.834. The smallest absolute Gasteiger partial charge is 0.310 e. The van der Waals surface area contributed by atoms with Crippen LogP contribution in [-0.4, -0.2) is 17.0 Å². The first-order valence-electron chi connectivity index (χ1n) is 7.27. The Bertz CT molecular complexity index is 595. The third kappa shape index (κ3) is 2.15. The van der Waals surface area contributed by atoms with E-state index in [1.54, 1.807) is 6.92 Å². The predicted octanol–water partition coefficient (Wildman–Crippen LogP) is 2.22. The van der Waals surface area contributed by atoms with Gasteiger partial charge in [0.05, 0.1) is 11.3 Å². The minimum absolute atomic E-state index is 0.0347. The third-order valence-corrected chi connectivity index (χ3v) is 5.01. The molecular weight excluding hydrogens is 266 g/mol. The molecule has 1 amide bonds. The summed E-state index contributed by atoms with van der Waals surface area (Å²) in [6.07, 6.45) is 4.73. The zero-order chi connectivity index (χ0) is 15.0. The SMILES string of the molecule is C[C@]1(C(=O)O)[C@@H]2C=C[C@H](C2)[C@@H]1C(=O)NCc1ccccc1. The number of allylic oxidation sites excluding steroid dienone is 2. The van der Waals surface area contributed by atoms with Crippen molar-refractivity contribution in [1.82, 2.24) is 5.32 Å². The van der Waals surface area contributed by atoms with Crippen molar-refractivity contribution >= 4 is 11.9 Å². The molecule has 0 saturated heterocycles. The van der Waals surface area contributed by atoms with Crippen molar-refractivity contribution in [2.75, 3.05) is 0 Å². The number of hydrogen-bond acceptors (Lipinski definition) is 2.